The van der Waals surface area contributed by atoms with Crippen LogP contribution in [0.15, 0.2) is 53.9 Å². The van der Waals surface area contributed by atoms with Crippen LogP contribution in [0.4, 0.5) is 10.8 Å². The van der Waals surface area contributed by atoms with Gasteiger partial charge in [-0.2, -0.15) is 0 Å². The fraction of sp³-hybridized carbons (Fsp3) is 0.333. The Bertz CT molecular complexity index is 1020. The zero-order valence-corrected chi connectivity index (χ0v) is 18.9. The van der Waals surface area contributed by atoms with E-state index in [4.69, 9.17) is 19.2 Å². The number of thiazole rings is 1. The van der Waals surface area contributed by atoms with Gasteiger partial charge in [-0.15, -0.1) is 11.3 Å². The Balaban J connectivity index is 1.31. The van der Waals surface area contributed by atoms with Crippen molar-refractivity contribution in [3.05, 3.63) is 53.9 Å². The predicted octanol–water partition coefficient (Wildman–Crippen LogP) is 4.45. The van der Waals surface area contributed by atoms with Crippen LogP contribution in [0.1, 0.15) is 13.3 Å². The molecule has 2 heterocycles. The number of morpholine rings is 1. The maximum atomic E-state index is 12.3. The van der Waals surface area contributed by atoms with Crippen LogP contribution < -0.4 is 19.7 Å². The molecule has 0 unspecified atom stereocenters. The van der Waals surface area contributed by atoms with E-state index in [0.29, 0.717) is 23.8 Å². The Labute approximate surface area is 191 Å². The number of hydrogen-bond donors (Lipinski definition) is 1. The highest BCUT2D eigenvalue weighted by molar-refractivity contribution is 7.14. The zero-order valence-electron chi connectivity index (χ0n) is 18.1. The highest BCUT2D eigenvalue weighted by Gasteiger charge is 2.15. The van der Waals surface area contributed by atoms with E-state index < -0.39 is 0 Å². The second-order valence-corrected chi connectivity index (χ2v) is 8.16. The minimum atomic E-state index is -0.230. The standard InChI is InChI=1S/C24H27N3O4S/c1-2-13-30-21-5-3-4-6-22(21)31-16-23(28)25-19-9-7-18(8-10-19)20-17-32-24(26-20)27-11-14-29-15-12-27/h3-10,17H,2,11-16H2,1H3,(H,25,28). The first-order valence-corrected chi connectivity index (χ1v) is 11.6. The summed E-state index contributed by atoms with van der Waals surface area (Å²) in [6.45, 7) is 5.77. The predicted molar refractivity (Wildman–Crippen MR) is 127 cm³/mol. The van der Waals surface area contributed by atoms with Gasteiger partial charge in [0.25, 0.3) is 5.91 Å². The highest BCUT2D eigenvalue weighted by atomic mass is 32.1. The van der Waals surface area contributed by atoms with Gasteiger partial charge in [-0.05, 0) is 30.7 Å². The molecule has 1 aromatic heterocycles. The van der Waals surface area contributed by atoms with Crippen LogP contribution in [-0.4, -0.2) is 50.4 Å². The Morgan fingerprint density at radius 2 is 1.81 bits per heavy atom. The summed E-state index contributed by atoms with van der Waals surface area (Å²) in [5.41, 5.74) is 2.65. The van der Waals surface area contributed by atoms with E-state index in [1.165, 1.54) is 0 Å². The Morgan fingerprint density at radius 3 is 2.53 bits per heavy atom. The molecule has 0 bridgehead atoms. The number of amides is 1. The summed E-state index contributed by atoms with van der Waals surface area (Å²) in [6.07, 6.45) is 0.903. The van der Waals surface area contributed by atoms with Gasteiger partial charge in [-0.1, -0.05) is 31.2 Å². The number of nitrogens with one attached hydrogen (secondary N) is 1. The van der Waals surface area contributed by atoms with Gasteiger partial charge in [0.15, 0.2) is 23.2 Å². The zero-order chi connectivity index (χ0) is 22.2. The molecule has 1 amide bonds. The number of ether oxygens (including phenoxy) is 3. The normalized spacial score (nSPS) is 13.6. The van der Waals surface area contributed by atoms with Crippen LogP contribution in [0.5, 0.6) is 11.5 Å². The first-order valence-electron chi connectivity index (χ1n) is 10.8. The number of aromatic nitrogens is 1. The molecular formula is C24H27N3O4S. The van der Waals surface area contributed by atoms with Crippen LogP contribution in [0.2, 0.25) is 0 Å². The third-order valence-electron chi connectivity index (χ3n) is 4.91. The Kier molecular flexibility index (Phi) is 7.58. The SMILES string of the molecule is CCCOc1ccccc1OCC(=O)Nc1ccc(-c2csc(N3CCOCC3)n2)cc1. The monoisotopic (exact) mass is 453 g/mol. The van der Waals surface area contributed by atoms with E-state index in [0.717, 1.165) is 49.1 Å². The van der Waals surface area contributed by atoms with Crippen molar-refractivity contribution in [3.8, 4) is 22.8 Å². The molecule has 0 saturated carbocycles. The average molecular weight is 454 g/mol. The maximum absolute atomic E-state index is 12.3. The van der Waals surface area contributed by atoms with E-state index >= 15 is 0 Å². The quantitative estimate of drug-likeness (QED) is 0.516. The lowest BCUT2D eigenvalue weighted by Gasteiger charge is -2.26. The smallest absolute Gasteiger partial charge is 0.262 e. The third kappa shape index (κ3) is 5.77. The second-order valence-electron chi connectivity index (χ2n) is 7.32. The van der Waals surface area contributed by atoms with Gasteiger partial charge in [0, 0.05) is 29.7 Å². The van der Waals surface area contributed by atoms with Crippen molar-refractivity contribution in [2.45, 2.75) is 13.3 Å². The molecule has 0 aliphatic carbocycles. The van der Waals surface area contributed by atoms with Crippen molar-refractivity contribution < 1.29 is 19.0 Å². The molecular weight excluding hydrogens is 426 g/mol. The van der Waals surface area contributed by atoms with Gasteiger partial charge in [-0.3, -0.25) is 4.79 Å². The second kappa shape index (κ2) is 11.0. The van der Waals surface area contributed by atoms with Gasteiger partial charge >= 0.3 is 0 Å². The number of anilines is 2. The fourth-order valence-corrected chi connectivity index (χ4v) is 4.15. The minimum Gasteiger partial charge on any atom is -0.490 e. The molecule has 0 atom stereocenters. The number of para-hydroxylation sites is 2. The maximum Gasteiger partial charge on any atom is 0.262 e. The number of nitrogens with zero attached hydrogens (tertiary/aromatic N) is 2. The number of benzene rings is 2. The van der Waals surface area contributed by atoms with Gasteiger partial charge < -0.3 is 24.4 Å². The van der Waals surface area contributed by atoms with Gasteiger partial charge in [0.2, 0.25) is 0 Å². The van der Waals surface area contributed by atoms with Gasteiger partial charge in [0.05, 0.1) is 25.5 Å². The molecule has 8 heteroatoms. The molecule has 0 radical (unpaired) electrons. The van der Waals surface area contributed by atoms with E-state index in [1.54, 1.807) is 17.4 Å². The molecule has 168 valence electrons. The first kappa shape index (κ1) is 22.1. The molecule has 2 aromatic carbocycles. The van der Waals surface area contributed by atoms with E-state index in [1.807, 2.05) is 49.4 Å². The van der Waals surface area contributed by atoms with Crippen molar-refractivity contribution in [1.82, 2.24) is 4.98 Å². The number of hydrogen-bond acceptors (Lipinski definition) is 7. The van der Waals surface area contributed by atoms with Gasteiger partial charge in [-0.25, -0.2) is 4.98 Å². The highest BCUT2D eigenvalue weighted by Crippen LogP contribution is 2.29. The largest absolute Gasteiger partial charge is 0.490 e. The minimum absolute atomic E-state index is 0.0940. The van der Waals surface area contributed by atoms with Crippen molar-refractivity contribution >= 4 is 28.1 Å². The molecule has 1 aliphatic heterocycles. The molecule has 32 heavy (non-hydrogen) atoms. The summed E-state index contributed by atoms with van der Waals surface area (Å²) in [7, 11) is 0. The molecule has 4 rings (SSSR count). The molecule has 0 spiro atoms. The Hall–Kier alpha value is -3.10. The molecule has 1 saturated heterocycles. The number of carbonyl (C=O) groups excluding carboxylic acids is 1. The summed E-state index contributed by atoms with van der Waals surface area (Å²) in [5, 5.41) is 5.94. The van der Waals surface area contributed by atoms with Crippen LogP contribution in [0.25, 0.3) is 11.3 Å². The van der Waals surface area contributed by atoms with E-state index in [2.05, 4.69) is 15.6 Å². The molecule has 1 aliphatic rings. The van der Waals surface area contributed by atoms with Crippen molar-refractivity contribution in [3.63, 3.8) is 0 Å². The summed E-state index contributed by atoms with van der Waals surface area (Å²) in [4.78, 5) is 19.3. The number of carbonyl (C=O) groups is 1. The first-order chi connectivity index (χ1) is 15.7. The van der Waals surface area contributed by atoms with Crippen LogP contribution >= 0.6 is 11.3 Å². The van der Waals surface area contributed by atoms with Crippen molar-refractivity contribution in [2.24, 2.45) is 0 Å². The third-order valence-corrected chi connectivity index (χ3v) is 5.81. The average Bonchev–Trinajstić information content (AvgIpc) is 3.33. The summed E-state index contributed by atoms with van der Waals surface area (Å²) in [5.74, 6) is 0.976. The molecule has 1 fully saturated rings. The molecule has 7 nitrogen and oxygen atoms in total. The lowest BCUT2D eigenvalue weighted by molar-refractivity contribution is -0.118. The van der Waals surface area contributed by atoms with Crippen LogP contribution in [0.3, 0.4) is 0 Å². The summed E-state index contributed by atoms with van der Waals surface area (Å²) in [6, 6.07) is 15.0. The van der Waals surface area contributed by atoms with Crippen LogP contribution in [0, 0.1) is 0 Å². The topological polar surface area (TPSA) is 72.9 Å². The van der Waals surface area contributed by atoms with Crippen molar-refractivity contribution in [2.75, 3.05) is 49.7 Å². The fourth-order valence-electron chi connectivity index (χ4n) is 3.26. The molecule has 1 N–H and O–H groups in total. The van der Waals surface area contributed by atoms with E-state index in [9.17, 15) is 4.79 Å². The summed E-state index contributed by atoms with van der Waals surface area (Å²) < 4.78 is 16.7. The summed E-state index contributed by atoms with van der Waals surface area (Å²) >= 11 is 1.64. The number of rotatable bonds is 9. The lowest BCUT2D eigenvalue weighted by Crippen LogP contribution is -2.36. The molecule has 3 aromatic rings. The van der Waals surface area contributed by atoms with Crippen molar-refractivity contribution in [1.29, 1.82) is 0 Å². The Morgan fingerprint density at radius 1 is 1.09 bits per heavy atom. The lowest BCUT2D eigenvalue weighted by atomic mass is 10.1. The van der Waals surface area contributed by atoms with E-state index in [-0.39, 0.29) is 12.5 Å². The van der Waals surface area contributed by atoms with Gasteiger partial charge in [0.1, 0.15) is 0 Å². The van der Waals surface area contributed by atoms with Crippen LogP contribution in [-0.2, 0) is 9.53 Å².